The minimum atomic E-state index is 0. The Morgan fingerprint density at radius 3 is 2.67 bits per heavy atom. The minimum Gasteiger partial charge on any atom is -0.491 e. The van der Waals surface area contributed by atoms with E-state index in [9.17, 15) is 0 Å². The van der Waals surface area contributed by atoms with Gasteiger partial charge in [-0.3, -0.25) is 0 Å². The Hall–Kier alpha value is -2.26. The number of methoxy groups -OCH3 is 1. The highest BCUT2D eigenvalue weighted by Gasteiger charge is 2.06. The maximum Gasteiger partial charge on any atom is 0.191 e. The molecule has 0 aliphatic rings. The predicted octanol–water partition coefficient (Wildman–Crippen LogP) is 4.37. The molecule has 3 N–H and O–H groups in total. The van der Waals surface area contributed by atoms with E-state index in [-0.39, 0.29) is 24.0 Å². The Kier molecular flexibility index (Phi) is 9.96. The van der Waals surface area contributed by atoms with Crippen LogP contribution in [0, 0.1) is 6.92 Å². The van der Waals surface area contributed by atoms with Crippen molar-refractivity contribution in [2.24, 2.45) is 4.99 Å². The number of benzene rings is 2. The van der Waals surface area contributed by atoms with E-state index in [1.54, 1.807) is 7.11 Å². The summed E-state index contributed by atoms with van der Waals surface area (Å²) in [6, 6.07) is 16.6. The van der Waals surface area contributed by atoms with Crippen LogP contribution in [0.1, 0.15) is 23.7 Å². The third-order valence-electron chi connectivity index (χ3n) is 4.55. The van der Waals surface area contributed by atoms with Crippen LogP contribution >= 0.6 is 24.0 Å². The molecule has 3 rings (SSSR count). The molecule has 7 heteroatoms. The van der Waals surface area contributed by atoms with E-state index in [2.05, 4.69) is 59.8 Å². The van der Waals surface area contributed by atoms with Crippen molar-refractivity contribution in [3.8, 4) is 5.75 Å². The highest BCUT2D eigenvalue weighted by Crippen LogP contribution is 2.21. The number of halogens is 1. The number of ether oxygens (including phenoxy) is 2. The number of fused-ring (bicyclic) bond motifs is 1. The Morgan fingerprint density at radius 2 is 1.90 bits per heavy atom. The van der Waals surface area contributed by atoms with Crippen molar-refractivity contribution in [1.29, 1.82) is 0 Å². The standard InChI is InChI=1S/C23H30N4O2.HI/c1-4-24-23(26-16-20-14-18-7-5-6-8-21(18)27-20)25-15-19-10-9-17(2)13-22(19)29-12-11-28-3;/h5-10,13-14,27H,4,11-12,15-16H2,1-3H3,(H2,24,25,26);1H. The zero-order valence-corrected chi connectivity index (χ0v) is 20.2. The summed E-state index contributed by atoms with van der Waals surface area (Å²) in [5.74, 6) is 1.63. The fraction of sp³-hybridized carbons (Fsp3) is 0.348. The largest absolute Gasteiger partial charge is 0.491 e. The average Bonchev–Trinajstić information content (AvgIpc) is 3.14. The molecule has 0 aliphatic heterocycles. The third-order valence-corrected chi connectivity index (χ3v) is 4.55. The SMILES string of the molecule is CCNC(=NCc1ccc(C)cc1OCCOC)NCc1cc2ccccc2[nH]1.I. The number of aromatic nitrogens is 1. The van der Waals surface area contributed by atoms with Crippen LogP contribution in [0.5, 0.6) is 5.75 Å². The van der Waals surface area contributed by atoms with Crippen LogP contribution in [0.15, 0.2) is 53.5 Å². The Labute approximate surface area is 195 Å². The van der Waals surface area contributed by atoms with Gasteiger partial charge >= 0.3 is 0 Å². The first-order chi connectivity index (χ1) is 14.2. The second-order valence-corrected chi connectivity index (χ2v) is 6.88. The zero-order valence-electron chi connectivity index (χ0n) is 17.8. The van der Waals surface area contributed by atoms with Crippen LogP contribution in [-0.2, 0) is 17.8 Å². The number of guanidine groups is 1. The van der Waals surface area contributed by atoms with E-state index in [4.69, 9.17) is 14.5 Å². The van der Waals surface area contributed by atoms with E-state index >= 15 is 0 Å². The molecule has 6 nitrogen and oxygen atoms in total. The molecule has 3 aromatic rings. The van der Waals surface area contributed by atoms with Gasteiger partial charge in [-0.1, -0.05) is 30.3 Å². The lowest BCUT2D eigenvalue weighted by atomic mass is 10.1. The second-order valence-electron chi connectivity index (χ2n) is 6.88. The van der Waals surface area contributed by atoms with Gasteiger partial charge in [-0.15, -0.1) is 24.0 Å². The maximum absolute atomic E-state index is 5.87. The number of nitrogens with zero attached hydrogens (tertiary/aromatic N) is 1. The first-order valence-electron chi connectivity index (χ1n) is 9.99. The van der Waals surface area contributed by atoms with Crippen LogP contribution in [-0.4, -0.2) is 37.8 Å². The van der Waals surface area contributed by atoms with Crippen LogP contribution in [0.2, 0.25) is 0 Å². The Morgan fingerprint density at radius 1 is 1.07 bits per heavy atom. The van der Waals surface area contributed by atoms with Crippen molar-refractivity contribution in [2.45, 2.75) is 26.9 Å². The lowest BCUT2D eigenvalue weighted by molar-refractivity contribution is 0.145. The number of aromatic amines is 1. The Bertz CT molecular complexity index is 922. The molecule has 162 valence electrons. The molecule has 0 radical (unpaired) electrons. The first kappa shape index (κ1) is 24.0. The minimum absolute atomic E-state index is 0. The van der Waals surface area contributed by atoms with Crippen LogP contribution < -0.4 is 15.4 Å². The summed E-state index contributed by atoms with van der Waals surface area (Å²) in [6.07, 6.45) is 0. The first-order valence-corrected chi connectivity index (χ1v) is 9.99. The van der Waals surface area contributed by atoms with Gasteiger partial charge in [0.25, 0.3) is 0 Å². The van der Waals surface area contributed by atoms with Gasteiger partial charge < -0.3 is 25.1 Å². The predicted molar refractivity (Wildman–Crippen MR) is 134 cm³/mol. The number of aliphatic imine (C=N–C) groups is 1. The van der Waals surface area contributed by atoms with E-state index < -0.39 is 0 Å². The van der Waals surface area contributed by atoms with Gasteiger partial charge in [0.2, 0.25) is 0 Å². The molecule has 0 bridgehead atoms. The lowest BCUT2D eigenvalue weighted by Gasteiger charge is -2.13. The van der Waals surface area contributed by atoms with Crippen molar-refractivity contribution >= 4 is 40.8 Å². The summed E-state index contributed by atoms with van der Waals surface area (Å²) in [6.45, 7) is 7.20. The lowest BCUT2D eigenvalue weighted by Crippen LogP contribution is -2.36. The number of hydrogen-bond donors (Lipinski definition) is 3. The third kappa shape index (κ3) is 6.91. The summed E-state index contributed by atoms with van der Waals surface area (Å²) in [4.78, 5) is 8.17. The van der Waals surface area contributed by atoms with Crippen molar-refractivity contribution in [2.75, 3.05) is 26.9 Å². The molecular formula is C23H31IN4O2. The van der Waals surface area contributed by atoms with Crippen molar-refractivity contribution in [1.82, 2.24) is 15.6 Å². The van der Waals surface area contributed by atoms with Crippen molar-refractivity contribution < 1.29 is 9.47 Å². The molecule has 0 amide bonds. The van der Waals surface area contributed by atoms with Gasteiger partial charge in [0.05, 0.1) is 19.7 Å². The van der Waals surface area contributed by atoms with Gasteiger partial charge in [-0.25, -0.2) is 4.99 Å². The van der Waals surface area contributed by atoms with Crippen LogP contribution in [0.25, 0.3) is 10.9 Å². The molecule has 30 heavy (non-hydrogen) atoms. The highest BCUT2D eigenvalue weighted by molar-refractivity contribution is 14.0. The average molecular weight is 522 g/mol. The summed E-state index contributed by atoms with van der Waals surface area (Å²) in [5.41, 5.74) is 4.47. The number of H-pyrrole nitrogens is 1. The zero-order chi connectivity index (χ0) is 20.5. The molecule has 0 saturated heterocycles. The van der Waals surface area contributed by atoms with Gasteiger partial charge in [-0.05, 0) is 43.0 Å². The van der Waals surface area contributed by atoms with Crippen LogP contribution in [0.3, 0.4) is 0 Å². The fourth-order valence-corrected chi connectivity index (χ4v) is 3.08. The maximum atomic E-state index is 5.87. The molecule has 0 fully saturated rings. The van der Waals surface area contributed by atoms with Gasteiger partial charge in [0.15, 0.2) is 5.96 Å². The summed E-state index contributed by atoms with van der Waals surface area (Å²) in [5, 5.41) is 7.91. The summed E-state index contributed by atoms with van der Waals surface area (Å²) < 4.78 is 11.0. The molecule has 2 aromatic carbocycles. The second kappa shape index (κ2) is 12.4. The molecule has 0 aliphatic carbocycles. The monoisotopic (exact) mass is 522 g/mol. The number of hydrogen-bond acceptors (Lipinski definition) is 3. The molecule has 0 saturated carbocycles. The molecule has 0 atom stereocenters. The molecule has 1 aromatic heterocycles. The van der Waals surface area contributed by atoms with Crippen molar-refractivity contribution in [3.63, 3.8) is 0 Å². The summed E-state index contributed by atoms with van der Waals surface area (Å²) in [7, 11) is 1.67. The van der Waals surface area contributed by atoms with E-state index in [1.165, 1.54) is 5.39 Å². The summed E-state index contributed by atoms with van der Waals surface area (Å²) >= 11 is 0. The van der Waals surface area contributed by atoms with Gasteiger partial charge in [-0.2, -0.15) is 0 Å². The normalized spacial score (nSPS) is 11.2. The van der Waals surface area contributed by atoms with E-state index in [0.29, 0.717) is 26.3 Å². The molecular weight excluding hydrogens is 491 g/mol. The van der Waals surface area contributed by atoms with Crippen LogP contribution in [0.4, 0.5) is 0 Å². The number of rotatable bonds is 9. The number of aryl methyl sites for hydroxylation is 1. The molecule has 0 unspecified atom stereocenters. The van der Waals surface area contributed by atoms with Gasteiger partial charge in [0.1, 0.15) is 12.4 Å². The van der Waals surface area contributed by atoms with E-state index in [1.807, 2.05) is 18.2 Å². The topological polar surface area (TPSA) is 70.7 Å². The molecule has 1 heterocycles. The van der Waals surface area contributed by atoms with Crippen molar-refractivity contribution in [3.05, 3.63) is 65.4 Å². The number of para-hydroxylation sites is 1. The van der Waals surface area contributed by atoms with E-state index in [0.717, 1.165) is 40.6 Å². The fourth-order valence-electron chi connectivity index (χ4n) is 3.08. The highest BCUT2D eigenvalue weighted by atomic mass is 127. The smallest absolute Gasteiger partial charge is 0.191 e. The van der Waals surface area contributed by atoms with Gasteiger partial charge in [0, 0.05) is 30.4 Å². The quantitative estimate of drug-likeness (QED) is 0.169. The molecule has 0 spiro atoms. The number of nitrogens with one attached hydrogen (secondary N) is 3. The Balaban J connectivity index is 0.00000320.